The minimum atomic E-state index is -0.745. The van der Waals surface area contributed by atoms with Crippen LogP contribution < -0.4 is 11.5 Å². The molecule has 1 atom stereocenters. The minimum absolute atomic E-state index is 0.110. The van der Waals surface area contributed by atoms with Gasteiger partial charge in [0.15, 0.2) is 0 Å². The molecule has 66 valence electrons. The lowest BCUT2D eigenvalue weighted by atomic mass is 9.93. The van der Waals surface area contributed by atoms with Gasteiger partial charge in [0.2, 0.25) is 0 Å². The molecule has 0 aliphatic heterocycles. The van der Waals surface area contributed by atoms with E-state index in [-0.39, 0.29) is 6.61 Å². The van der Waals surface area contributed by atoms with E-state index in [2.05, 4.69) is 0 Å². The van der Waals surface area contributed by atoms with Crippen molar-refractivity contribution in [3.63, 3.8) is 0 Å². The van der Waals surface area contributed by atoms with Crippen LogP contribution in [-0.4, -0.2) is 11.7 Å². The maximum Gasteiger partial charge on any atom is 0.0651 e. The summed E-state index contributed by atoms with van der Waals surface area (Å²) in [5.74, 6) is 0. The van der Waals surface area contributed by atoms with Crippen LogP contribution in [0.5, 0.6) is 0 Å². The van der Waals surface area contributed by atoms with Crippen LogP contribution in [0.3, 0.4) is 0 Å². The van der Waals surface area contributed by atoms with E-state index in [0.29, 0.717) is 5.69 Å². The summed E-state index contributed by atoms with van der Waals surface area (Å²) in [6.45, 7) is 1.64. The molecule has 0 fully saturated rings. The van der Waals surface area contributed by atoms with Gasteiger partial charge in [-0.3, -0.25) is 0 Å². The van der Waals surface area contributed by atoms with E-state index in [4.69, 9.17) is 16.6 Å². The predicted octanol–water partition coefficient (Wildman–Crippen LogP) is 0.435. The number of nitrogens with two attached hydrogens (primary N) is 2. The maximum atomic E-state index is 8.99. The number of aliphatic hydroxyl groups excluding tert-OH is 1. The van der Waals surface area contributed by atoms with Crippen molar-refractivity contribution < 1.29 is 5.11 Å². The summed E-state index contributed by atoms with van der Waals surface area (Å²) >= 11 is 0. The number of nitrogen functional groups attached to an aromatic ring is 1. The van der Waals surface area contributed by atoms with E-state index in [9.17, 15) is 0 Å². The van der Waals surface area contributed by atoms with Crippen LogP contribution in [0.1, 0.15) is 12.5 Å². The molecule has 3 nitrogen and oxygen atoms in total. The van der Waals surface area contributed by atoms with Gasteiger partial charge in [0.05, 0.1) is 12.1 Å². The summed E-state index contributed by atoms with van der Waals surface area (Å²) < 4.78 is 0. The van der Waals surface area contributed by atoms with Crippen LogP contribution in [0, 0.1) is 0 Å². The fourth-order valence-electron chi connectivity index (χ4n) is 1.10. The molecule has 0 aliphatic carbocycles. The Kier molecular flexibility index (Phi) is 2.35. The Morgan fingerprint density at radius 1 is 1.42 bits per heavy atom. The smallest absolute Gasteiger partial charge is 0.0651 e. The average molecular weight is 166 g/mol. The van der Waals surface area contributed by atoms with Gasteiger partial charge in [-0.15, -0.1) is 0 Å². The predicted molar refractivity (Wildman–Crippen MR) is 49.5 cm³/mol. The molecule has 0 bridgehead atoms. The second kappa shape index (κ2) is 3.13. The molecule has 3 heteroatoms. The maximum absolute atomic E-state index is 8.99. The highest BCUT2D eigenvalue weighted by Gasteiger charge is 2.21. The van der Waals surface area contributed by atoms with Crippen LogP contribution in [0.25, 0.3) is 0 Å². The van der Waals surface area contributed by atoms with Crippen molar-refractivity contribution >= 4 is 5.69 Å². The molecule has 0 amide bonds. The summed E-state index contributed by atoms with van der Waals surface area (Å²) in [4.78, 5) is 0. The first-order valence-electron chi connectivity index (χ1n) is 3.82. The van der Waals surface area contributed by atoms with Gasteiger partial charge in [0.1, 0.15) is 0 Å². The highest BCUT2D eigenvalue weighted by Crippen LogP contribution is 2.22. The second-order valence-electron chi connectivity index (χ2n) is 3.16. The third kappa shape index (κ3) is 1.57. The van der Waals surface area contributed by atoms with Crippen LogP contribution in [0.4, 0.5) is 5.69 Å². The van der Waals surface area contributed by atoms with Crippen LogP contribution in [0.2, 0.25) is 0 Å². The van der Waals surface area contributed by atoms with Crippen LogP contribution >= 0.6 is 0 Å². The van der Waals surface area contributed by atoms with Crippen molar-refractivity contribution in [1.82, 2.24) is 0 Å². The van der Waals surface area contributed by atoms with Crippen LogP contribution in [-0.2, 0) is 5.54 Å². The van der Waals surface area contributed by atoms with Gasteiger partial charge in [0.25, 0.3) is 0 Å². The molecule has 0 radical (unpaired) electrons. The number of aliphatic hydroxyl groups is 1. The molecule has 1 rings (SSSR count). The van der Waals surface area contributed by atoms with E-state index in [1.165, 1.54) is 0 Å². The zero-order chi connectivity index (χ0) is 9.19. The summed E-state index contributed by atoms with van der Waals surface area (Å²) in [5.41, 5.74) is 12.2. The standard InChI is InChI=1S/C9H14N2O/c1-9(11,6-12)7-4-2-3-5-8(7)10/h2-5,12H,6,10-11H2,1H3/t9-/m0/s1. The zero-order valence-corrected chi connectivity index (χ0v) is 7.12. The van der Waals surface area contributed by atoms with Crippen molar-refractivity contribution in [2.24, 2.45) is 5.73 Å². The number of anilines is 1. The van der Waals surface area contributed by atoms with Gasteiger partial charge in [-0.25, -0.2) is 0 Å². The molecule has 0 aliphatic rings. The van der Waals surface area contributed by atoms with Gasteiger partial charge in [0, 0.05) is 5.69 Å². The van der Waals surface area contributed by atoms with E-state index >= 15 is 0 Å². The van der Waals surface area contributed by atoms with Gasteiger partial charge in [-0.1, -0.05) is 18.2 Å². The van der Waals surface area contributed by atoms with E-state index in [1.807, 2.05) is 18.2 Å². The Labute approximate surface area is 72.0 Å². The number of hydrogen-bond donors (Lipinski definition) is 3. The van der Waals surface area contributed by atoms with Crippen molar-refractivity contribution in [3.8, 4) is 0 Å². The number of rotatable bonds is 2. The number of para-hydroxylation sites is 1. The normalized spacial score (nSPS) is 15.6. The van der Waals surface area contributed by atoms with Gasteiger partial charge >= 0.3 is 0 Å². The summed E-state index contributed by atoms with van der Waals surface area (Å²) in [6.07, 6.45) is 0. The molecule has 0 saturated heterocycles. The topological polar surface area (TPSA) is 72.3 Å². The Bertz CT molecular complexity index is 271. The average Bonchev–Trinajstić information content (AvgIpc) is 2.05. The Morgan fingerprint density at radius 2 is 2.00 bits per heavy atom. The fourth-order valence-corrected chi connectivity index (χ4v) is 1.10. The van der Waals surface area contributed by atoms with Crippen LogP contribution in [0.15, 0.2) is 24.3 Å². The number of benzene rings is 1. The molecule has 0 aromatic heterocycles. The highest BCUT2D eigenvalue weighted by atomic mass is 16.3. The molecular formula is C9H14N2O. The molecular weight excluding hydrogens is 152 g/mol. The highest BCUT2D eigenvalue weighted by molar-refractivity contribution is 5.49. The minimum Gasteiger partial charge on any atom is -0.398 e. The molecule has 0 spiro atoms. The zero-order valence-electron chi connectivity index (χ0n) is 7.12. The molecule has 5 N–H and O–H groups in total. The fraction of sp³-hybridized carbons (Fsp3) is 0.333. The molecule has 1 aromatic carbocycles. The first kappa shape index (κ1) is 9.03. The summed E-state index contributed by atoms with van der Waals surface area (Å²) in [7, 11) is 0. The lowest BCUT2D eigenvalue weighted by Gasteiger charge is -2.23. The Hall–Kier alpha value is -1.06. The van der Waals surface area contributed by atoms with Crippen molar-refractivity contribution in [2.45, 2.75) is 12.5 Å². The second-order valence-corrected chi connectivity index (χ2v) is 3.16. The van der Waals surface area contributed by atoms with Gasteiger partial charge < -0.3 is 16.6 Å². The van der Waals surface area contributed by atoms with Gasteiger partial charge in [-0.2, -0.15) is 0 Å². The van der Waals surface area contributed by atoms with Gasteiger partial charge in [-0.05, 0) is 18.6 Å². The van der Waals surface area contributed by atoms with Crippen molar-refractivity contribution in [1.29, 1.82) is 0 Å². The number of hydrogen-bond acceptors (Lipinski definition) is 3. The first-order chi connectivity index (χ1) is 5.58. The van der Waals surface area contributed by atoms with E-state index < -0.39 is 5.54 Å². The molecule has 1 aromatic rings. The lowest BCUT2D eigenvalue weighted by molar-refractivity contribution is 0.210. The molecule has 0 unspecified atom stereocenters. The molecule has 0 saturated carbocycles. The summed E-state index contributed by atoms with van der Waals surface area (Å²) in [5, 5.41) is 8.99. The van der Waals surface area contributed by atoms with E-state index in [1.54, 1.807) is 13.0 Å². The Balaban J connectivity index is 3.10. The largest absolute Gasteiger partial charge is 0.398 e. The monoisotopic (exact) mass is 166 g/mol. The van der Waals surface area contributed by atoms with Crippen molar-refractivity contribution in [3.05, 3.63) is 29.8 Å². The molecule has 12 heavy (non-hydrogen) atoms. The Morgan fingerprint density at radius 3 is 2.50 bits per heavy atom. The van der Waals surface area contributed by atoms with Crippen molar-refractivity contribution in [2.75, 3.05) is 12.3 Å². The summed E-state index contributed by atoms with van der Waals surface area (Å²) in [6, 6.07) is 7.29. The molecule has 0 heterocycles. The third-order valence-electron chi connectivity index (χ3n) is 1.90. The first-order valence-corrected chi connectivity index (χ1v) is 3.82. The quantitative estimate of drug-likeness (QED) is 0.558. The lowest BCUT2D eigenvalue weighted by Crippen LogP contribution is -2.37. The SMILES string of the molecule is C[C@](N)(CO)c1ccccc1N. The third-order valence-corrected chi connectivity index (χ3v) is 1.90. The van der Waals surface area contributed by atoms with E-state index in [0.717, 1.165) is 5.56 Å².